The summed E-state index contributed by atoms with van der Waals surface area (Å²) in [6.45, 7) is 0. The van der Waals surface area contributed by atoms with Gasteiger partial charge in [-0.3, -0.25) is 0 Å². The van der Waals surface area contributed by atoms with Crippen LogP contribution >= 0.6 is 0 Å². The molecule has 0 bridgehead atoms. The Kier molecular flexibility index (Phi) is 296. The number of rotatable bonds is 3. The van der Waals surface area contributed by atoms with Gasteiger partial charge in [0, 0.05) is 16.7 Å². The largest absolute Gasteiger partial charge is 2.00 e. The SMILES string of the molecule is OC(O)c1cc(C(O)O)cc(C(O)O)c1.[CH3-].[CH3-].[CH3-].[CH3-].[CH3-].[CH3-].[CH3-].[CH3-].[CH3-].[CH3-].[CH3-].[CH3-].[Cu+2].[Cu+2].[Cu+2].[Cu+2].[Cu+2].[Cu+2]. The third kappa shape index (κ3) is 51.6. The van der Waals surface area contributed by atoms with Gasteiger partial charge in [0.2, 0.25) is 0 Å². The Morgan fingerprint density at radius 1 is 0.303 bits per heavy atom. The quantitative estimate of drug-likeness (QED) is 0.157. The van der Waals surface area contributed by atoms with Crippen LogP contribution in [0, 0.1) is 89.1 Å². The van der Waals surface area contributed by atoms with Crippen molar-refractivity contribution < 1.29 is 133 Å². The van der Waals surface area contributed by atoms with Gasteiger partial charge in [-0.2, -0.15) is 0 Å². The summed E-state index contributed by atoms with van der Waals surface area (Å²) in [5.74, 6) is 0. The molecule has 0 unspecified atom stereocenters. The first-order valence-electron chi connectivity index (χ1n) is 4.15. The van der Waals surface area contributed by atoms with Gasteiger partial charge in [0.15, 0.2) is 18.9 Å². The van der Waals surface area contributed by atoms with Crippen LogP contribution in [-0.4, -0.2) is 30.6 Å². The van der Waals surface area contributed by atoms with E-state index in [9.17, 15) is 0 Å². The van der Waals surface area contributed by atoms with Gasteiger partial charge in [0.05, 0.1) is 0 Å². The van der Waals surface area contributed by atoms with E-state index in [1.165, 1.54) is 0 Å². The molecular weight excluding hydrogens is 730 g/mol. The fourth-order valence-electron chi connectivity index (χ4n) is 1.15. The fourth-order valence-corrected chi connectivity index (χ4v) is 1.15. The molecule has 0 fully saturated rings. The van der Waals surface area contributed by atoms with E-state index in [4.69, 9.17) is 30.6 Å². The number of benzene rings is 1. The maximum atomic E-state index is 8.87. The minimum Gasteiger partial charge on any atom is -0.364 e. The number of hydrogen-bond acceptors (Lipinski definition) is 6. The monoisotopic (exact) mass is 774 g/mol. The van der Waals surface area contributed by atoms with Crippen molar-refractivity contribution >= 4 is 0 Å². The Morgan fingerprint density at radius 2 is 0.394 bits per heavy atom. The first-order chi connectivity index (χ1) is 6.91. The number of aliphatic hydroxyl groups excluding tert-OH is 3. The van der Waals surface area contributed by atoms with Gasteiger partial charge in [-0.1, -0.05) is 0 Å². The Bertz CT molecular complexity index is 297. The molecule has 33 heavy (non-hydrogen) atoms. The molecule has 1 aromatic carbocycles. The Balaban J connectivity index is -0.00000000781. The second kappa shape index (κ2) is 70.0. The van der Waals surface area contributed by atoms with Crippen molar-refractivity contribution in [1.82, 2.24) is 0 Å². The summed E-state index contributed by atoms with van der Waals surface area (Å²) >= 11 is 0. The summed E-state index contributed by atoms with van der Waals surface area (Å²) in [5.41, 5.74) is -0.156. The van der Waals surface area contributed by atoms with Crippen LogP contribution in [0.3, 0.4) is 0 Å². The van der Waals surface area contributed by atoms with E-state index in [1.54, 1.807) is 0 Å². The summed E-state index contributed by atoms with van der Waals surface area (Å²) in [5, 5.41) is 53.2. The van der Waals surface area contributed by atoms with E-state index in [1.807, 2.05) is 0 Å². The third-order valence-corrected chi connectivity index (χ3v) is 1.89. The molecule has 1 aromatic rings. The molecule has 6 N–H and O–H groups in total. The van der Waals surface area contributed by atoms with Crippen molar-refractivity contribution in [3.63, 3.8) is 0 Å². The van der Waals surface area contributed by atoms with E-state index < -0.39 is 18.9 Å². The van der Waals surface area contributed by atoms with Gasteiger partial charge in [0.1, 0.15) is 0 Å². The summed E-state index contributed by atoms with van der Waals surface area (Å²) in [6.07, 6.45) is -5.46. The topological polar surface area (TPSA) is 121 Å². The van der Waals surface area contributed by atoms with Gasteiger partial charge in [0.25, 0.3) is 0 Å². The maximum Gasteiger partial charge on any atom is 2.00 e. The zero-order valence-electron chi connectivity index (χ0n) is 21.5. The summed E-state index contributed by atoms with van der Waals surface area (Å²) < 4.78 is 0. The number of aliphatic hydroxyl groups is 6. The molecule has 0 aliphatic heterocycles. The molecule has 0 amide bonds. The average molecular weight is 778 g/mol. The van der Waals surface area contributed by atoms with E-state index in [0.29, 0.717) is 0 Å². The Morgan fingerprint density at radius 3 is 0.455 bits per heavy atom. The molecule has 0 saturated carbocycles. The van der Waals surface area contributed by atoms with Gasteiger partial charge in [-0.05, 0) is 18.2 Å². The van der Waals surface area contributed by atoms with E-state index >= 15 is 0 Å². The third-order valence-electron chi connectivity index (χ3n) is 1.89. The maximum absolute atomic E-state index is 8.87. The molecule has 0 heterocycles. The molecule has 1 rings (SSSR count). The normalized spacial score (nSPS) is 5.36. The second-order valence-corrected chi connectivity index (χ2v) is 3.05. The van der Waals surface area contributed by atoms with Gasteiger partial charge >= 0.3 is 102 Å². The first-order valence-corrected chi connectivity index (χ1v) is 4.15. The molecule has 0 aromatic heterocycles. The number of hydrogen-bond donors (Lipinski definition) is 6. The van der Waals surface area contributed by atoms with Crippen LogP contribution in [0.5, 0.6) is 0 Å². The predicted molar refractivity (Wildman–Crippen MR) is 125 cm³/mol. The van der Waals surface area contributed by atoms with Crippen LogP contribution in [0.2, 0.25) is 0 Å². The van der Waals surface area contributed by atoms with E-state index in [0.717, 1.165) is 18.2 Å². The van der Waals surface area contributed by atoms with Crippen LogP contribution in [0.25, 0.3) is 0 Å². The molecule has 6 nitrogen and oxygen atoms in total. The van der Waals surface area contributed by atoms with Crippen molar-refractivity contribution in [3.05, 3.63) is 124 Å². The molecule has 0 aliphatic rings. The first kappa shape index (κ1) is 140. The van der Waals surface area contributed by atoms with Crippen molar-refractivity contribution in [2.45, 2.75) is 18.9 Å². The molecule has 0 atom stereocenters. The van der Waals surface area contributed by atoms with Crippen LogP contribution in [0.4, 0.5) is 0 Å². The van der Waals surface area contributed by atoms with Gasteiger partial charge in [-0.15, -0.1) is 0 Å². The second-order valence-electron chi connectivity index (χ2n) is 3.05. The van der Waals surface area contributed by atoms with Crippen LogP contribution < -0.4 is 0 Å². The fraction of sp³-hybridized carbons (Fsp3) is 0.143. The Labute approximate surface area is 273 Å². The molecular formula is C21H48Cu6O6. The van der Waals surface area contributed by atoms with E-state index in [2.05, 4.69) is 0 Å². The van der Waals surface area contributed by atoms with Crippen molar-refractivity contribution in [3.8, 4) is 0 Å². The predicted octanol–water partition coefficient (Wildman–Crippen LogP) is 4.02. The molecule has 6 radical (unpaired) electrons. The minimum atomic E-state index is -1.82. The van der Waals surface area contributed by atoms with Crippen LogP contribution in [0.15, 0.2) is 18.2 Å². The van der Waals surface area contributed by atoms with Crippen molar-refractivity contribution in [2.75, 3.05) is 0 Å². The standard InChI is InChI=1S/C9H12O6.12CH3.6Cu/c10-7(11)4-1-5(8(12)13)3-6(2-4)9(14)15;;;;;;;;;;;;;;;;;;/h1-3,7-15H;12*1H3;;;;;;/q;12*-1;6*+2. The van der Waals surface area contributed by atoms with Crippen LogP contribution in [-0.2, 0) is 102 Å². The summed E-state index contributed by atoms with van der Waals surface area (Å²) in [6, 6.07) is 3.42. The Hall–Kier alpha value is 2.10. The van der Waals surface area contributed by atoms with Crippen molar-refractivity contribution in [1.29, 1.82) is 0 Å². The zero-order chi connectivity index (χ0) is 11.6. The minimum absolute atomic E-state index is 0. The molecule has 12 heteroatoms. The molecule has 0 spiro atoms. The molecule has 234 valence electrons. The van der Waals surface area contributed by atoms with Crippen LogP contribution in [0.1, 0.15) is 35.6 Å². The van der Waals surface area contributed by atoms with E-state index in [-0.39, 0.29) is 208 Å². The smallest absolute Gasteiger partial charge is 0.364 e. The van der Waals surface area contributed by atoms with Gasteiger partial charge in [-0.25, -0.2) is 0 Å². The van der Waals surface area contributed by atoms with Crippen molar-refractivity contribution in [2.24, 2.45) is 0 Å². The zero-order valence-corrected chi connectivity index (χ0v) is 27.1. The summed E-state index contributed by atoms with van der Waals surface area (Å²) in [7, 11) is 0. The average Bonchev–Trinajstić information content (AvgIpc) is 2.16. The summed E-state index contributed by atoms with van der Waals surface area (Å²) in [4.78, 5) is 0. The molecule has 0 saturated heterocycles. The molecule has 0 aliphatic carbocycles. The van der Waals surface area contributed by atoms with Gasteiger partial charge < -0.3 is 120 Å².